The van der Waals surface area contributed by atoms with Crippen LogP contribution in [0.25, 0.3) is 0 Å². The number of carbonyl (C=O) groups excluding carboxylic acids is 1. The van der Waals surface area contributed by atoms with Crippen molar-refractivity contribution in [3.05, 3.63) is 35.9 Å². The third kappa shape index (κ3) is 1.76. The Morgan fingerprint density at radius 3 is 2.50 bits per heavy atom. The van der Waals surface area contributed by atoms with Crippen molar-refractivity contribution in [3.63, 3.8) is 0 Å². The molecule has 0 aromatic heterocycles. The Morgan fingerprint density at radius 2 is 2.00 bits per heavy atom. The summed E-state index contributed by atoms with van der Waals surface area (Å²) in [5, 5.41) is 0. The summed E-state index contributed by atoms with van der Waals surface area (Å²) in [6.45, 7) is -0.682. The molecule has 0 aliphatic heterocycles. The number of benzene rings is 1. The quantitative estimate of drug-likeness (QED) is 0.674. The van der Waals surface area contributed by atoms with Crippen LogP contribution >= 0.6 is 0 Å². The first-order chi connectivity index (χ1) is 6.83. The van der Waals surface area contributed by atoms with Crippen molar-refractivity contribution in [2.75, 3.05) is 6.80 Å². The molecule has 1 fully saturated rings. The molecule has 2 rings (SSSR count). The first kappa shape index (κ1) is 9.19. The van der Waals surface area contributed by atoms with Crippen molar-refractivity contribution >= 4 is 5.91 Å². The fraction of sp³-hybridized carbons (Fsp3) is 0.364. The molecule has 1 aliphatic carbocycles. The van der Waals surface area contributed by atoms with Crippen LogP contribution in [0.5, 0.6) is 0 Å². The molecule has 0 spiro atoms. The molecule has 0 N–H and O–H groups in total. The van der Waals surface area contributed by atoms with Crippen LogP contribution in [-0.4, -0.2) is 23.6 Å². The van der Waals surface area contributed by atoms with Crippen LogP contribution in [0, 0.1) is 0 Å². The maximum atomic E-state index is 12.6. The highest BCUT2D eigenvalue weighted by atomic mass is 19.1. The minimum absolute atomic E-state index is 0.132. The molecule has 1 amide bonds. The van der Waals surface area contributed by atoms with Gasteiger partial charge in [-0.25, -0.2) is 4.39 Å². The molecule has 0 bridgehead atoms. The molecular formula is C11H12FNO. The number of alkyl halides is 1. The molecule has 0 unspecified atom stereocenters. The van der Waals surface area contributed by atoms with E-state index in [0.29, 0.717) is 5.56 Å². The maximum Gasteiger partial charge on any atom is 0.256 e. The minimum atomic E-state index is -0.682. The average Bonchev–Trinajstić information content (AvgIpc) is 3.04. The fourth-order valence-corrected chi connectivity index (χ4v) is 1.45. The van der Waals surface area contributed by atoms with Gasteiger partial charge >= 0.3 is 0 Å². The third-order valence-corrected chi connectivity index (χ3v) is 2.40. The van der Waals surface area contributed by atoms with E-state index in [1.807, 2.05) is 6.07 Å². The highest BCUT2D eigenvalue weighted by molar-refractivity contribution is 5.94. The molecule has 0 saturated heterocycles. The lowest BCUT2D eigenvalue weighted by atomic mass is 10.2. The number of amides is 1. The normalized spacial score (nSPS) is 15.2. The van der Waals surface area contributed by atoms with Crippen LogP contribution in [0.15, 0.2) is 30.3 Å². The monoisotopic (exact) mass is 193 g/mol. The predicted octanol–water partition coefficient (Wildman–Crippen LogP) is 2.22. The molecular weight excluding hydrogens is 181 g/mol. The van der Waals surface area contributed by atoms with E-state index in [2.05, 4.69) is 0 Å². The maximum absolute atomic E-state index is 12.6. The SMILES string of the molecule is O=C(c1ccccc1)N(CF)C1CC1. The van der Waals surface area contributed by atoms with Gasteiger partial charge in [-0.3, -0.25) is 4.79 Å². The molecule has 1 aromatic carbocycles. The van der Waals surface area contributed by atoms with E-state index in [1.54, 1.807) is 24.3 Å². The average molecular weight is 193 g/mol. The number of halogens is 1. The van der Waals surface area contributed by atoms with Gasteiger partial charge in [-0.1, -0.05) is 18.2 Å². The Labute approximate surface area is 82.3 Å². The topological polar surface area (TPSA) is 20.3 Å². The van der Waals surface area contributed by atoms with E-state index in [-0.39, 0.29) is 11.9 Å². The Morgan fingerprint density at radius 1 is 1.36 bits per heavy atom. The highest BCUT2D eigenvalue weighted by Crippen LogP contribution is 2.27. The van der Waals surface area contributed by atoms with Crippen LogP contribution < -0.4 is 0 Å². The van der Waals surface area contributed by atoms with Crippen molar-refractivity contribution in [2.45, 2.75) is 18.9 Å². The van der Waals surface area contributed by atoms with Gasteiger partial charge in [-0.15, -0.1) is 0 Å². The van der Waals surface area contributed by atoms with Gasteiger partial charge in [0.1, 0.15) is 0 Å². The highest BCUT2D eigenvalue weighted by Gasteiger charge is 2.32. The number of carbonyl (C=O) groups is 1. The van der Waals surface area contributed by atoms with Gasteiger partial charge in [-0.2, -0.15) is 0 Å². The largest absolute Gasteiger partial charge is 0.308 e. The summed E-state index contributed by atoms with van der Waals surface area (Å²) in [5.41, 5.74) is 0.567. The molecule has 0 heterocycles. The van der Waals surface area contributed by atoms with Crippen molar-refractivity contribution in [1.82, 2.24) is 4.90 Å². The standard InChI is InChI=1S/C11H12FNO/c12-8-13(10-6-7-10)11(14)9-4-2-1-3-5-9/h1-5,10H,6-8H2. The lowest BCUT2D eigenvalue weighted by Crippen LogP contribution is -2.32. The summed E-state index contributed by atoms with van der Waals surface area (Å²) >= 11 is 0. The summed E-state index contributed by atoms with van der Waals surface area (Å²) in [6, 6.07) is 8.98. The molecule has 3 heteroatoms. The predicted molar refractivity (Wildman–Crippen MR) is 51.6 cm³/mol. The summed E-state index contributed by atoms with van der Waals surface area (Å²) in [7, 11) is 0. The number of hydrogen-bond acceptors (Lipinski definition) is 1. The molecule has 1 aliphatic rings. The summed E-state index contributed by atoms with van der Waals surface area (Å²) in [6.07, 6.45) is 1.87. The first-order valence-corrected chi connectivity index (χ1v) is 4.75. The van der Waals surface area contributed by atoms with Gasteiger partial charge in [0.2, 0.25) is 0 Å². The Kier molecular flexibility index (Phi) is 2.48. The van der Waals surface area contributed by atoms with Gasteiger partial charge in [0.15, 0.2) is 6.80 Å². The van der Waals surface area contributed by atoms with Gasteiger partial charge < -0.3 is 4.90 Å². The molecule has 1 aromatic rings. The van der Waals surface area contributed by atoms with Crippen LogP contribution in [0.3, 0.4) is 0 Å². The zero-order chi connectivity index (χ0) is 9.97. The van der Waals surface area contributed by atoms with E-state index < -0.39 is 6.80 Å². The summed E-state index contributed by atoms with van der Waals surface area (Å²) in [5.74, 6) is -0.199. The van der Waals surface area contributed by atoms with Gasteiger partial charge in [-0.05, 0) is 25.0 Å². The molecule has 74 valence electrons. The smallest absolute Gasteiger partial charge is 0.256 e. The van der Waals surface area contributed by atoms with E-state index in [4.69, 9.17) is 0 Å². The zero-order valence-electron chi connectivity index (χ0n) is 7.82. The van der Waals surface area contributed by atoms with E-state index in [0.717, 1.165) is 12.8 Å². The third-order valence-electron chi connectivity index (χ3n) is 2.40. The van der Waals surface area contributed by atoms with Crippen LogP contribution in [0.2, 0.25) is 0 Å². The second-order valence-corrected chi connectivity index (χ2v) is 3.49. The van der Waals surface area contributed by atoms with Crippen LogP contribution in [0.1, 0.15) is 23.2 Å². The lowest BCUT2D eigenvalue weighted by Gasteiger charge is -2.17. The van der Waals surface area contributed by atoms with Gasteiger partial charge in [0.25, 0.3) is 5.91 Å². The molecule has 0 radical (unpaired) electrons. The second kappa shape index (κ2) is 3.78. The summed E-state index contributed by atoms with van der Waals surface area (Å²) in [4.78, 5) is 13.0. The van der Waals surface area contributed by atoms with Gasteiger partial charge in [0, 0.05) is 11.6 Å². The van der Waals surface area contributed by atoms with Crippen molar-refractivity contribution in [2.24, 2.45) is 0 Å². The number of hydrogen-bond donors (Lipinski definition) is 0. The van der Waals surface area contributed by atoms with E-state index in [9.17, 15) is 9.18 Å². The van der Waals surface area contributed by atoms with Crippen molar-refractivity contribution in [1.29, 1.82) is 0 Å². The van der Waals surface area contributed by atoms with E-state index >= 15 is 0 Å². The fourth-order valence-electron chi connectivity index (χ4n) is 1.45. The molecule has 14 heavy (non-hydrogen) atoms. The Hall–Kier alpha value is -1.38. The molecule has 2 nitrogen and oxygen atoms in total. The number of nitrogens with zero attached hydrogens (tertiary/aromatic N) is 1. The van der Waals surface area contributed by atoms with Crippen molar-refractivity contribution < 1.29 is 9.18 Å². The zero-order valence-corrected chi connectivity index (χ0v) is 7.82. The Balaban J connectivity index is 2.14. The minimum Gasteiger partial charge on any atom is -0.308 e. The van der Waals surface area contributed by atoms with Crippen LogP contribution in [-0.2, 0) is 0 Å². The van der Waals surface area contributed by atoms with Crippen LogP contribution in [0.4, 0.5) is 4.39 Å². The van der Waals surface area contributed by atoms with E-state index in [1.165, 1.54) is 4.90 Å². The first-order valence-electron chi connectivity index (χ1n) is 4.75. The summed E-state index contributed by atoms with van der Waals surface area (Å²) < 4.78 is 12.6. The van der Waals surface area contributed by atoms with Crippen molar-refractivity contribution in [3.8, 4) is 0 Å². The Bertz CT molecular complexity index is 321. The second-order valence-electron chi connectivity index (χ2n) is 3.49. The molecule has 1 saturated carbocycles. The lowest BCUT2D eigenvalue weighted by molar-refractivity contribution is 0.0663. The number of rotatable bonds is 3. The molecule has 0 atom stereocenters. The van der Waals surface area contributed by atoms with Gasteiger partial charge in [0.05, 0.1) is 0 Å².